The highest BCUT2D eigenvalue weighted by Gasteiger charge is 2.12. The van der Waals surface area contributed by atoms with Crippen LogP contribution in [0.25, 0.3) is 0 Å². The van der Waals surface area contributed by atoms with E-state index in [1.165, 1.54) is 11.1 Å². The van der Waals surface area contributed by atoms with Gasteiger partial charge in [0.25, 0.3) is 0 Å². The van der Waals surface area contributed by atoms with Crippen LogP contribution in [0, 0.1) is 13.8 Å². The molecule has 2 aromatic rings. The van der Waals surface area contributed by atoms with Crippen LogP contribution in [0.1, 0.15) is 28.6 Å². The topological polar surface area (TPSA) is 34.1 Å². The van der Waals surface area contributed by atoms with Gasteiger partial charge in [-0.1, -0.05) is 12.1 Å². The van der Waals surface area contributed by atoms with Crippen LogP contribution in [0.2, 0.25) is 0 Å². The summed E-state index contributed by atoms with van der Waals surface area (Å²) >= 11 is 0. The Morgan fingerprint density at radius 2 is 1.85 bits per heavy atom. The zero-order chi connectivity index (χ0) is 14.5. The van der Waals surface area contributed by atoms with E-state index in [2.05, 4.69) is 34.6 Å². The second-order valence-electron chi connectivity index (χ2n) is 5.08. The Balaban J connectivity index is 2.23. The van der Waals surface area contributed by atoms with Crippen molar-refractivity contribution < 1.29 is 4.74 Å². The van der Waals surface area contributed by atoms with Crippen molar-refractivity contribution in [3.05, 3.63) is 58.9 Å². The molecule has 2 rings (SSSR count). The molecule has 1 atom stereocenters. The second-order valence-corrected chi connectivity index (χ2v) is 5.08. The number of likely N-dealkylation sites (N-methyl/N-ethyl adjacent to an activating group) is 1. The van der Waals surface area contributed by atoms with Gasteiger partial charge >= 0.3 is 0 Å². The summed E-state index contributed by atoms with van der Waals surface area (Å²) in [5.74, 6) is 0.902. The fourth-order valence-corrected chi connectivity index (χ4v) is 2.49. The predicted molar refractivity (Wildman–Crippen MR) is 82.2 cm³/mol. The lowest BCUT2D eigenvalue weighted by atomic mass is 9.98. The molecule has 0 saturated heterocycles. The highest BCUT2D eigenvalue weighted by Crippen LogP contribution is 2.22. The van der Waals surface area contributed by atoms with Crippen molar-refractivity contribution in [3.63, 3.8) is 0 Å². The number of nitrogens with one attached hydrogen (secondary N) is 1. The lowest BCUT2D eigenvalue weighted by Crippen LogP contribution is -2.19. The minimum Gasteiger partial charge on any atom is -0.497 e. The van der Waals surface area contributed by atoms with Crippen LogP contribution in [0.5, 0.6) is 5.75 Å². The third kappa shape index (κ3) is 3.58. The molecule has 0 amide bonds. The van der Waals surface area contributed by atoms with Gasteiger partial charge in [0, 0.05) is 17.4 Å². The molecule has 0 radical (unpaired) electrons. The van der Waals surface area contributed by atoms with Crippen molar-refractivity contribution in [1.82, 2.24) is 10.3 Å². The lowest BCUT2D eigenvalue weighted by molar-refractivity contribution is 0.414. The molecule has 3 heteroatoms. The molecule has 0 fully saturated rings. The smallest absolute Gasteiger partial charge is 0.119 e. The van der Waals surface area contributed by atoms with E-state index in [9.17, 15) is 0 Å². The summed E-state index contributed by atoms with van der Waals surface area (Å²) in [6.07, 6.45) is 0.927. The fraction of sp³-hybridized carbons (Fsp3) is 0.353. The molecule has 1 N–H and O–H groups in total. The zero-order valence-corrected chi connectivity index (χ0v) is 12.6. The van der Waals surface area contributed by atoms with Crippen LogP contribution in [0.3, 0.4) is 0 Å². The molecule has 0 saturated carbocycles. The van der Waals surface area contributed by atoms with E-state index in [0.717, 1.165) is 23.6 Å². The largest absolute Gasteiger partial charge is 0.497 e. The quantitative estimate of drug-likeness (QED) is 0.906. The molecule has 1 aromatic carbocycles. The van der Waals surface area contributed by atoms with Gasteiger partial charge in [0.15, 0.2) is 0 Å². The number of methoxy groups -OCH3 is 1. The summed E-state index contributed by atoms with van der Waals surface area (Å²) in [6.45, 7) is 4.07. The van der Waals surface area contributed by atoms with E-state index in [-0.39, 0.29) is 6.04 Å². The van der Waals surface area contributed by atoms with Crippen LogP contribution in [-0.2, 0) is 6.42 Å². The van der Waals surface area contributed by atoms with Gasteiger partial charge in [-0.2, -0.15) is 0 Å². The average molecular weight is 270 g/mol. The van der Waals surface area contributed by atoms with E-state index in [4.69, 9.17) is 4.74 Å². The number of aryl methyl sites for hydroxylation is 2. The van der Waals surface area contributed by atoms with E-state index in [0.29, 0.717) is 0 Å². The number of aromatic nitrogens is 1. The number of benzene rings is 1. The minimum atomic E-state index is 0.280. The molecule has 3 nitrogen and oxygen atoms in total. The summed E-state index contributed by atoms with van der Waals surface area (Å²) in [4.78, 5) is 4.44. The van der Waals surface area contributed by atoms with Gasteiger partial charge in [-0.25, -0.2) is 0 Å². The second kappa shape index (κ2) is 6.53. The van der Waals surface area contributed by atoms with Gasteiger partial charge in [0.2, 0.25) is 0 Å². The van der Waals surface area contributed by atoms with Crippen molar-refractivity contribution in [3.8, 4) is 5.75 Å². The Hall–Kier alpha value is -1.87. The number of rotatable bonds is 5. The summed E-state index contributed by atoms with van der Waals surface area (Å²) < 4.78 is 5.28. The van der Waals surface area contributed by atoms with Crippen LogP contribution in [0.4, 0.5) is 0 Å². The molecule has 20 heavy (non-hydrogen) atoms. The molecule has 106 valence electrons. The maximum absolute atomic E-state index is 5.28. The molecule has 0 aliphatic carbocycles. The molecular formula is C17H22N2O. The first-order valence-corrected chi connectivity index (χ1v) is 6.87. The van der Waals surface area contributed by atoms with Crippen molar-refractivity contribution in [2.24, 2.45) is 0 Å². The lowest BCUT2D eigenvalue weighted by Gasteiger charge is -2.18. The number of ether oxygens (including phenoxy) is 1. The van der Waals surface area contributed by atoms with Crippen LogP contribution in [0.15, 0.2) is 36.4 Å². The maximum Gasteiger partial charge on any atom is 0.119 e. The highest BCUT2D eigenvalue weighted by atomic mass is 16.5. The van der Waals surface area contributed by atoms with Crippen molar-refractivity contribution in [2.45, 2.75) is 26.3 Å². The van der Waals surface area contributed by atoms with Gasteiger partial charge in [-0.3, -0.25) is 4.98 Å². The Labute approximate surface area is 121 Å². The van der Waals surface area contributed by atoms with Gasteiger partial charge in [0.05, 0.1) is 7.11 Å². The molecule has 1 unspecified atom stereocenters. The normalized spacial score (nSPS) is 12.2. The Kier molecular flexibility index (Phi) is 4.74. The van der Waals surface area contributed by atoms with E-state index < -0.39 is 0 Å². The standard InChI is InChI=1S/C17H22N2O/c1-12-8-15(9-13(2)19-12)17(18-3)11-14-6-5-7-16(10-14)20-4/h5-10,17-18H,11H2,1-4H3. The first-order valence-electron chi connectivity index (χ1n) is 6.87. The molecule has 0 aliphatic rings. The summed E-state index contributed by atoms with van der Waals surface area (Å²) in [5.41, 5.74) is 4.66. The average Bonchev–Trinajstić information content (AvgIpc) is 2.44. The summed E-state index contributed by atoms with van der Waals surface area (Å²) in [5, 5.41) is 3.39. The van der Waals surface area contributed by atoms with E-state index in [1.54, 1.807) is 7.11 Å². The molecule has 0 bridgehead atoms. The third-order valence-corrected chi connectivity index (χ3v) is 3.43. The minimum absolute atomic E-state index is 0.280. The Bertz CT molecular complexity index is 561. The van der Waals surface area contributed by atoms with E-state index >= 15 is 0 Å². The molecule has 0 spiro atoms. The molecule has 1 aromatic heterocycles. The first kappa shape index (κ1) is 14.5. The Morgan fingerprint density at radius 3 is 2.45 bits per heavy atom. The summed E-state index contributed by atoms with van der Waals surface area (Å²) in [7, 11) is 3.69. The number of pyridine rings is 1. The van der Waals surface area contributed by atoms with Gasteiger partial charge in [-0.15, -0.1) is 0 Å². The molecule has 0 aliphatic heterocycles. The summed E-state index contributed by atoms with van der Waals surface area (Å²) in [6, 6.07) is 12.8. The number of hydrogen-bond donors (Lipinski definition) is 1. The SMILES string of the molecule is CNC(Cc1cccc(OC)c1)c1cc(C)nc(C)c1. The number of nitrogens with zero attached hydrogens (tertiary/aromatic N) is 1. The zero-order valence-electron chi connectivity index (χ0n) is 12.6. The Morgan fingerprint density at radius 1 is 1.15 bits per heavy atom. The number of hydrogen-bond acceptors (Lipinski definition) is 3. The first-order chi connectivity index (χ1) is 9.62. The van der Waals surface area contributed by atoms with E-state index in [1.807, 2.05) is 33.0 Å². The molecule has 1 heterocycles. The monoisotopic (exact) mass is 270 g/mol. The van der Waals surface area contributed by atoms with Gasteiger partial charge in [0.1, 0.15) is 5.75 Å². The predicted octanol–water partition coefficient (Wildman–Crippen LogP) is 3.21. The van der Waals surface area contributed by atoms with Gasteiger partial charge in [-0.05, 0) is 62.7 Å². The maximum atomic E-state index is 5.28. The molecular weight excluding hydrogens is 248 g/mol. The third-order valence-electron chi connectivity index (χ3n) is 3.43. The van der Waals surface area contributed by atoms with Crippen LogP contribution < -0.4 is 10.1 Å². The van der Waals surface area contributed by atoms with Crippen molar-refractivity contribution in [1.29, 1.82) is 0 Å². The highest BCUT2D eigenvalue weighted by molar-refractivity contribution is 5.31. The van der Waals surface area contributed by atoms with Crippen molar-refractivity contribution in [2.75, 3.05) is 14.2 Å². The van der Waals surface area contributed by atoms with Crippen LogP contribution >= 0.6 is 0 Å². The fourth-order valence-electron chi connectivity index (χ4n) is 2.49. The van der Waals surface area contributed by atoms with Crippen LogP contribution in [-0.4, -0.2) is 19.1 Å². The van der Waals surface area contributed by atoms with Crippen molar-refractivity contribution >= 4 is 0 Å². The van der Waals surface area contributed by atoms with Gasteiger partial charge < -0.3 is 10.1 Å².